The van der Waals surface area contributed by atoms with Crippen LogP contribution < -0.4 is 0 Å². The van der Waals surface area contributed by atoms with Crippen molar-refractivity contribution in [2.24, 2.45) is 21.7 Å². The third kappa shape index (κ3) is 2.11. The van der Waals surface area contributed by atoms with Crippen LogP contribution in [0.25, 0.3) is 32.3 Å². The average molecular weight is 477 g/mol. The van der Waals surface area contributed by atoms with Gasteiger partial charge in [-0.25, -0.2) is 0 Å². The Balaban J connectivity index is 1.86. The van der Waals surface area contributed by atoms with Crippen molar-refractivity contribution in [2.45, 2.75) is 93.9 Å². The average Bonchev–Trinajstić information content (AvgIpc) is 2.81. The lowest BCUT2D eigenvalue weighted by Crippen LogP contribution is -2.79. The Bertz CT molecular complexity index is 1590. The van der Waals surface area contributed by atoms with Gasteiger partial charge in [0.25, 0.3) is 0 Å². The zero-order chi connectivity index (χ0) is 26.4. The molecule has 0 N–H and O–H groups in total. The van der Waals surface area contributed by atoms with E-state index >= 15 is 0 Å². The van der Waals surface area contributed by atoms with Crippen LogP contribution in [-0.4, -0.2) is 0 Å². The first-order chi connectivity index (χ1) is 16.5. The van der Waals surface area contributed by atoms with Gasteiger partial charge in [0, 0.05) is 10.8 Å². The molecule has 3 aliphatic rings. The molecule has 0 saturated heterocycles. The highest BCUT2D eigenvalue weighted by molar-refractivity contribution is 6.19. The van der Waals surface area contributed by atoms with Crippen molar-refractivity contribution in [3.05, 3.63) is 70.8 Å². The zero-order valence-electron chi connectivity index (χ0n) is 24.6. The van der Waals surface area contributed by atoms with Crippen LogP contribution in [0.2, 0.25) is 0 Å². The molecule has 0 amide bonds. The minimum absolute atomic E-state index is 0.0241. The van der Waals surface area contributed by atoms with Crippen molar-refractivity contribution >= 4 is 32.3 Å². The normalized spacial score (nSPS) is 29.1. The molecule has 4 aromatic carbocycles. The number of aryl methyl sites for hydroxylation is 2. The molecule has 0 aromatic heterocycles. The maximum atomic E-state index is 2.64. The van der Waals surface area contributed by atoms with Crippen molar-refractivity contribution in [3.8, 4) is 0 Å². The highest BCUT2D eigenvalue weighted by Gasteiger charge is 2.79. The predicted octanol–water partition coefficient (Wildman–Crippen LogP) is 10.4. The van der Waals surface area contributed by atoms with Gasteiger partial charge in [-0.05, 0) is 102 Å². The Morgan fingerprint density at radius 3 is 1.19 bits per heavy atom. The summed E-state index contributed by atoms with van der Waals surface area (Å²) in [6, 6.07) is 19.1. The molecule has 3 aliphatic carbocycles. The van der Waals surface area contributed by atoms with Gasteiger partial charge in [0.2, 0.25) is 0 Å². The van der Waals surface area contributed by atoms with E-state index in [4.69, 9.17) is 0 Å². The SMILES string of the molecule is Cc1cc2c3cc4c(cc3c(C)cc2c2ccccc12)C1(C)C(C)(C)C(C)(C)C4(C)C(C)(C)C1(C)C. The Labute approximate surface area is 218 Å². The minimum Gasteiger partial charge on any atom is -0.0616 e. The fourth-order valence-corrected chi connectivity index (χ4v) is 9.64. The van der Waals surface area contributed by atoms with Crippen LogP contribution in [-0.2, 0) is 10.8 Å². The number of rotatable bonds is 0. The molecule has 2 bridgehead atoms. The van der Waals surface area contributed by atoms with E-state index < -0.39 is 0 Å². The van der Waals surface area contributed by atoms with Gasteiger partial charge >= 0.3 is 0 Å². The van der Waals surface area contributed by atoms with Crippen molar-refractivity contribution < 1.29 is 0 Å². The molecule has 36 heavy (non-hydrogen) atoms. The van der Waals surface area contributed by atoms with Gasteiger partial charge in [-0.2, -0.15) is 0 Å². The molecule has 0 nitrogen and oxygen atoms in total. The first kappa shape index (κ1) is 24.0. The molecule has 0 heteroatoms. The second kappa shape index (κ2) is 6.38. The molecule has 0 heterocycles. The highest BCUT2D eigenvalue weighted by atomic mass is 14.8. The summed E-state index contributed by atoms with van der Waals surface area (Å²) in [5, 5.41) is 8.38. The molecule has 7 rings (SSSR count). The van der Waals surface area contributed by atoms with Crippen LogP contribution in [0.5, 0.6) is 0 Å². The van der Waals surface area contributed by atoms with Gasteiger partial charge in [0.1, 0.15) is 0 Å². The fourth-order valence-electron chi connectivity index (χ4n) is 9.64. The number of benzene rings is 4. The number of hydrogen-bond acceptors (Lipinski definition) is 0. The standard InChI is InChI=1S/C36H44/c1-21-17-27-26(24-16-14-13-15-23(21)24)18-22(2)25-19-29-30(20-28(25)27)36(12)33(7,8)31(3,4)35(29,11)32(5,6)34(36,9)10/h13-20H,1-12H3. The van der Waals surface area contributed by atoms with Gasteiger partial charge in [-0.15, -0.1) is 0 Å². The highest BCUT2D eigenvalue weighted by Crippen LogP contribution is 2.82. The van der Waals surface area contributed by atoms with Crippen LogP contribution in [0.4, 0.5) is 0 Å². The van der Waals surface area contributed by atoms with Gasteiger partial charge in [-0.1, -0.05) is 106 Å². The largest absolute Gasteiger partial charge is 0.0616 e. The first-order valence-electron chi connectivity index (χ1n) is 13.9. The minimum atomic E-state index is 0.0241. The molecule has 188 valence electrons. The molecule has 0 spiro atoms. The summed E-state index contributed by atoms with van der Waals surface area (Å²) < 4.78 is 0. The second-order valence-electron chi connectivity index (χ2n) is 14.7. The lowest BCUT2D eigenvalue weighted by molar-refractivity contribution is -0.246. The Morgan fingerprint density at radius 2 is 0.722 bits per heavy atom. The molecular formula is C36H44. The van der Waals surface area contributed by atoms with Crippen LogP contribution in [0.3, 0.4) is 0 Å². The lowest BCUT2D eigenvalue weighted by Gasteiger charge is -2.82. The quantitative estimate of drug-likeness (QED) is 0.221. The molecule has 0 aliphatic heterocycles. The van der Waals surface area contributed by atoms with Crippen LogP contribution in [0.1, 0.15) is 91.5 Å². The summed E-state index contributed by atoms with van der Waals surface area (Å²) >= 11 is 0. The third-order valence-electron chi connectivity index (χ3n) is 13.7. The summed E-state index contributed by atoms with van der Waals surface area (Å²) in [5.74, 6) is 0. The van der Waals surface area contributed by atoms with Crippen molar-refractivity contribution in [2.75, 3.05) is 0 Å². The maximum absolute atomic E-state index is 2.64. The van der Waals surface area contributed by atoms with E-state index in [9.17, 15) is 0 Å². The van der Waals surface area contributed by atoms with Crippen LogP contribution >= 0.6 is 0 Å². The lowest BCUT2D eigenvalue weighted by atomic mass is 9.22. The third-order valence-corrected chi connectivity index (χ3v) is 13.7. The van der Waals surface area contributed by atoms with E-state index in [1.807, 2.05) is 0 Å². The molecular weight excluding hydrogens is 432 g/mol. The monoisotopic (exact) mass is 476 g/mol. The van der Waals surface area contributed by atoms with Gasteiger partial charge in [0.05, 0.1) is 0 Å². The summed E-state index contributed by atoms with van der Waals surface area (Å²) in [7, 11) is 0. The van der Waals surface area contributed by atoms with Gasteiger partial charge < -0.3 is 0 Å². The first-order valence-corrected chi connectivity index (χ1v) is 13.9. The van der Waals surface area contributed by atoms with Crippen molar-refractivity contribution in [1.82, 2.24) is 0 Å². The smallest absolute Gasteiger partial charge is 0.00409 e. The Kier molecular flexibility index (Phi) is 4.25. The van der Waals surface area contributed by atoms with E-state index in [0.717, 1.165) is 0 Å². The van der Waals surface area contributed by atoms with E-state index in [0.29, 0.717) is 0 Å². The molecule has 0 radical (unpaired) electrons. The fraction of sp³-hybridized carbons (Fsp3) is 0.500. The van der Waals surface area contributed by atoms with E-state index in [2.05, 4.69) is 132 Å². The summed E-state index contributed by atoms with van der Waals surface area (Å²) in [5.41, 5.74) is 6.49. The summed E-state index contributed by atoms with van der Waals surface area (Å²) in [6.45, 7) is 30.2. The van der Waals surface area contributed by atoms with E-state index in [1.54, 1.807) is 11.1 Å². The Hall–Kier alpha value is -2.34. The molecule has 4 aromatic rings. The second-order valence-corrected chi connectivity index (χ2v) is 14.7. The maximum Gasteiger partial charge on any atom is 0.00409 e. The molecule has 0 atom stereocenters. The Morgan fingerprint density at radius 1 is 0.389 bits per heavy atom. The summed E-state index contributed by atoms with van der Waals surface area (Å²) in [4.78, 5) is 0. The molecule has 1 saturated carbocycles. The van der Waals surface area contributed by atoms with Crippen molar-refractivity contribution in [3.63, 3.8) is 0 Å². The van der Waals surface area contributed by atoms with Gasteiger partial charge in [-0.3, -0.25) is 0 Å². The zero-order valence-corrected chi connectivity index (χ0v) is 24.6. The summed E-state index contributed by atoms with van der Waals surface area (Å²) in [6.07, 6.45) is 0. The van der Waals surface area contributed by atoms with Gasteiger partial charge in [0.15, 0.2) is 0 Å². The number of fused-ring (bicyclic) bond motifs is 7. The van der Waals surface area contributed by atoms with E-state index in [-0.39, 0.29) is 32.5 Å². The van der Waals surface area contributed by atoms with Crippen LogP contribution in [0, 0.1) is 35.5 Å². The number of hydrogen-bond donors (Lipinski definition) is 0. The topological polar surface area (TPSA) is 0 Å². The van der Waals surface area contributed by atoms with Crippen LogP contribution in [0.15, 0.2) is 48.5 Å². The molecule has 0 unspecified atom stereocenters. The predicted molar refractivity (Wildman–Crippen MR) is 158 cm³/mol. The molecule has 1 fully saturated rings. The van der Waals surface area contributed by atoms with Crippen molar-refractivity contribution in [1.29, 1.82) is 0 Å². The van der Waals surface area contributed by atoms with E-state index in [1.165, 1.54) is 43.4 Å².